The summed E-state index contributed by atoms with van der Waals surface area (Å²) in [4.78, 5) is 53.8. The standard InChI is InChI=1S/C26H23N3O6/c1-35-26(33)22(29-24(31)18-8-5-6-9-19(18)25(29)32)14-17-15-27-21-12-11-16(13-20(17)21)7-3-2-4-10-23(30)28-34/h5-6,8-9,11-13,15,22,27,34H,2,4,10,14H2,1H3,(H,28,30). The molecule has 3 N–H and O–H groups in total. The average molecular weight is 473 g/mol. The fraction of sp³-hybridized carbons (Fsp3) is 0.231. The van der Waals surface area contributed by atoms with Crippen molar-refractivity contribution < 1.29 is 29.1 Å². The number of aromatic nitrogens is 1. The summed E-state index contributed by atoms with van der Waals surface area (Å²) in [6, 6.07) is 10.9. The van der Waals surface area contributed by atoms with Gasteiger partial charge in [-0.15, -0.1) is 0 Å². The Morgan fingerprint density at radius 2 is 1.86 bits per heavy atom. The molecule has 3 amide bonds. The van der Waals surface area contributed by atoms with Crippen LogP contribution >= 0.6 is 0 Å². The molecule has 3 aromatic rings. The smallest absolute Gasteiger partial charge is 0.329 e. The summed E-state index contributed by atoms with van der Waals surface area (Å²) < 4.78 is 4.94. The zero-order valence-electron chi connectivity index (χ0n) is 19.0. The minimum atomic E-state index is -1.13. The van der Waals surface area contributed by atoms with Gasteiger partial charge in [-0.25, -0.2) is 10.3 Å². The molecule has 1 aliphatic heterocycles. The Kier molecular flexibility index (Phi) is 6.94. The third-order valence-electron chi connectivity index (χ3n) is 5.85. The molecule has 1 aromatic heterocycles. The number of esters is 1. The summed E-state index contributed by atoms with van der Waals surface area (Å²) in [5, 5.41) is 9.33. The summed E-state index contributed by atoms with van der Waals surface area (Å²) >= 11 is 0. The Bertz CT molecular complexity index is 1350. The van der Waals surface area contributed by atoms with Gasteiger partial charge in [0.15, 0.2) is 0 Å². The molecule has 4 rings (SSSR count). The molecule has 1 unspecified atom stereocenters. The lowest BCUT2D eigenvalue weighted by molar-refractivity contribution is -0.145. The van der Waals surface area contributed by atoms with Crippen LogP contribution in [0.3, 0.4) is 0 Å². The number of ether oxygens (including phenoxy) is 1. The predicted molar refractivity (Wildman–Crippen MR) is 125 cm³/mol. The van der Waals surface area contributed by atoms with Gasteiger partial charge in [-0.05, 0) is 42.3 Å². The molecule has 0 aliphatic carbocycles. The van der Waals surface area contributed by atoms with Crippen LogP contribution in [0, 0.1) is 11.8 Å². The second-order valence-corrected chi connectivity index (χ2v) is 8.03. The van der Waals surface area contributed by atoms with Crippen molar-refractivity contribution in [3.8, 4) is 11.8 Å². The Hall–Kier alpha value is -4.42. The van der Waals surface area contributed by atoms with Gasteiger partial charge in [-0.3, -0.25) is 24.5 Å². The average Bonchev–Trinajstić information content (AvgIpc) is 3.39. The van der Waals surface area contributed by atoms with E-state index >= 15 is 0 Å². The van der Waals surface area contributed by atoms with Crippen LogP contribution in [0.4, 0.5) is 0 Å². The van der Waals surface area contributed by atoms with Gasteiger partial charge in [0.25, 0.3) is 11.8 Å². The number of hydrogen-bond acceptors (Lipinski definition) is 6. The number of fused-ring (bicyclic) bond motifs is 2. The highest BCUT2D eigenvalue weighted by Crippen LogP contribution is 2.28. The number of nitrogens with one attached hydrogen (secondary N) is 2. The van der Waals surface area contributed by atoms with Crippen LogP contribution < -0.4 is 5.48 Å². The van der Waals surface area contributed by atoms with Crippen molar-refractivity contribution in [1.29, 1.82) is 0 Å². The third-order valence-corrected chi connectivity index (χ3v) is 5.85. The first-order chi connectivity index (χ1) is 16.9. The molecular weight excluding hydrogens is 450 g/mol. The number of nitrogens with zero attached hydrogens (tertiary/aromatic N) is 1. The van der Waals surface area contributed by atoms with Crippen LogP contribution in [0.25, 0.3) is 10.9 Å². The van der Waals surface area contributed by atoms with Crippen molar-refractivity contribution in [1.82, 2.24) is 15.4 Å². The van der Waals surface area contributed by atoms with Crippen molar-refractivity contribution in [3.63, 3.8) is 0 Å². The molecule has 2 heterocycles. The number of hydroxylamine groups is 1. The van der Waals surface area contributed by atoms with Crippen molar-refractivity contribution >= 4 is 34.6 Å². The highest BCUT2D eigenvalue weighted by molar-refractivity contribution is 6.22. The van der Waals surface area contributed by atoms with Crippen molar-refractivity contribution in [3.05, 3.63) is 70.9 Å². The number of rotatable bonds is 7. The monoisotopic (exact) mass is 473 g/mol. The molecule has 0 saturated carbocycles. The maximum Gasteiger partial charge on any atom is 0.329 e. The van der Waals surface area contributed by atoms with E-state index in [2.05, 4.69) is 16.8 Å². The van der Waals surface area contributed by atoms with Crippen molar-refractivity contribution in [2.75, 3.05) is 7.11 Å². The second-order valence-electron chi connectivity index (χ2n) is 8.03. The third kappa shape index (κ3) is 4.78. The number of benzene rings is 2. The van der Waals surface area contributed by atoms with Gasteiger partial charge in [0.05, 0.1) is 18.2 Å². The molecular formula is C26H23N3O6. The van der Waals surface area contributed by atoms with E-state index in [1.165, 1.54) is 7.11 Å². The summed E-state index contributed by atoms with van der Waals surface area (Å²) in [5.41, 5.74) is 4.40. The molecule has 9 heteroatoms. The SMILES string of the molecule is COC(=O)C(Cc1c[nH]c2ccc(C#CCCCC(=O)NO)cc12)N1C(=O)c2ccccc2C1=O. The topological polar surface area (TPSA) is 129 Å². The number of unbranched alkanes of at least 4 members (excludes halogenated alkanes) is 1. The van der Waals surface area contributed by atoms with E-state index in [0.717, 1.165) is 26.9 Å². The molecule has 9 nitrogen and oxygen atoms in total. The minimum Gasteiger partial charge on any atom is -0.467 e. The number of methoxy groups -OCH3 is 1. The van der Waals surface area contributed by atoms with Gasteiger partial charge >= 0.3 is 5.97 Å². The van der Waals surface area contributed by atoms with Crippen LogP contribution in [0.5, 0.6) is 0 Å². The van der Waals surface area contributed by atoms with Crippen LogP contribution in [0.15, 0.2) is 48.7 Å². The molecule has 0 saturated heterocycles. The molecule has 0 spiro atoms. The zero-order chi connectivity index (χ0) is 24.9. The highest BCUT2D eigenvalue weighted by Gasteiger charge is 2.43. The number of imide groups is 1. The fourth-order valence-electron chi connectivity index (χ4n) is 4.10. The summed E-state index contributed by atoms with van der Waals surface area (Å²) in [5.74, 6) is 3.85. The number of aromatic amines is 1. The molecule has 0 fully saturated rings. The first kappa shape index (κ1) is 23.7. The Balaban J connectivity index is 1.58. The first-order valence-corrected chi connectivity index (χ1v) is 11.0. The van der Waals surface area contributed by atoms with E-state index in [1.54, 1.807) is 35.9 Å². The second kappa shape index (κ2) is 10.2. The van der Waals surface area contributed by atoms with Gasteiger partial charge in [-0.2, -0.15) is 0 Å². The lowest BCUT2D eigenvalue weighted by Gasteiger charge is -2.23. The number of carbonyl (C=O) groups excluding carboxylic acids is 4. The number of carbonyl (C=O) groups is 4. The maximum atomic E-state index is 13.0. The predicted octanol–water partition coefficient (Wildman–Crippen LogP) is 2.58. The van der Waals surface area contributed by atoms with Crippen molar-refractivity contribution in [2.45, 2.75) is 31.7 Å². The fourth-order valence-corrected chi connectivity index (χ4v) is 4.10. The largest absolute Gasteiger partial charge is 0.467 e. The first-order valence-electron chi connectivity index (χ1n) is 11.0. The van der Waals surface area contributed by atoms with Gasteiger partial charge < -0.3 is 9.72 Å². The van der Waals surface area contributed by atoms with Crippen LogP contribution in [0.2, 0.25) is 0 Å². The number of H-pyrrole nitrogens is 1. The van der Waals surface area contributed by atoms with Gasteiger partial charge in [0, 0.05) is 41.9 Å². The quantitative estimate of drug-likeness (QED) is 0.121. The number of hydrogen-bond donors (Lipinski definition) is 3. The summed E-state index contributed by atoms with van der Waals surface area (Å²) in [6.45, 7) is 0. The highest BCUT2D eigenvalue weighted by atomic mass is 16.5. The Labute approximate surface area is 201 Å². The van der Waals surface area contributed by atoms with E-state index in [1.807, 2.05) is 18.2 Å². The van der Waals surface area contributed by atoms with Crippen molar-refractivity contribution in [2.24, 2.45) is 0 Å². The van der Waals surface area contributed by atoms with Gasteiger partial charge in [0.2, 0.25) is 5.91 Å². The lowest BCUT2D eigenvalue weighted by atomic mass is 10.0. The molecule has 178 valence electrons. The minimum absolute atomic E-state index is 0.0747. The van der Waals surface area contributed by atoms with E-state index in [4.69, 9.17) is 9.94 Å². The Morgan fingerprint density at radius 1 is 1.14 bits per heavy atom. The number of amides is 3. The molecule has 0 bridgehead atoms. The summed E-state index contributed by atoms with van der Waals surface area (Å²) in [7, 11) is 1.22. The lowest BCUT2D eigenvalue weighted by Crippen LogP contribution is -2.46. The molecule has 0 radical (unpaired) electrons. The van der Waals surface area contributed by atoms with E-state index in [9.17, 15) is 19.2 Å². The molecule has 1 aliphatic rings. The molecule has 1 atom stereocenters. The van der Waals surface area contributed by atoms with Crippen LogP contribution in [0.1, 0.15) is 51.1 Å². The summed E-state index contributed by atoms with van der Waals surface area (Å²) in [6.07, 6.45) is 2.99. The zero-order valence-corrected chi connectivity index (χ0v) is 19.0. The van der Waals surface area contributed by atoms with Crippen LogP contribution in [-0.4, -0.2) is 51.9 Å². The maximum absolute atomic E-state index is 13.0. The van der Waals surface area contributed by atoms with Gasteiger partial charge in [0.1, 0.15) is 6.04 Å². The van der Waals surface area contributed by atoms with Crippen LogP contribution in [-0.2, 0) is 20.7 Å². The molecule has 2 aromatic carbocycles. The Morgan fingerprint density at radius 3 is 2.51 bits per heavy atom. The van der Waals surface area contributed by atoms with E-state index in [-0.39, 0.29) is 24.0 Å². The van der Waals surface area contributed by atoms with E-state index in [0.29, 0.717) is 12.8 Å². The molecule has 35 heavy (non-hydrogen) atoms. The normalized spacial score (nSPS) is 13.3. The van der Waals surface area contributed by atoms with E-state index < -0.39 is 29.7 Å². The van der Waals surface area contributed by atoms with Gasteiger partial charge in [-0.1, -0.05) is 24.0 Å².